The Morgan fingerprint density at radius 2 is 2.12 bits per heavy atom. The number of hydrogen-bond acceptors (Lipinski definition) is 2. The number of furan rings is 1. The number of hydrogen-bond donors (Lipinski definition) is 1. The molecule has 1 aromatic rings. The van der Waals surface area contributed by atoms with Gasteiger partial charge in [-0.05, 0) is 36.3 Å². The molecule has 2 nitrogen and oxygen atoms in total. The van der Waals surface area contributed by atoms with Crippen molar-refractivity contribution in [2.45, 2.75) is 53.0 Å². The van der Waals surface area contributed by atoms with Gasteiger partial charge in [0.25, 0.3) is 0 Å². The lowest BCUT2D eigenvalue weighted by Gasteiger charge is -2.22. The maximum atomic E-state index is 5.86. The largest absolute Gasteiger partial charge is 0.464 e. The normalized spacial score (nSPS) is 24.0. The Hall–Kier alpha value is -0.760. The molecule has 1 saturated carbocycles. The summed E-state index contributed by atoms with van der Waals surface area (Å²) in [7, 11) is 0. The van der Waals surface area contributed by atoms with Crippen molar-refractivity contribution >= 4 is 0 Å². The summed E-state index contributed by atoms with van der Waals surface area (Å²) in [5, 5.41) is 3.48. The second-order valence-corrected chi connectivity index (χ2v) is 6.24. The Bertz CT molecular complexity index is 367. The zero-order valence-electron chi connectivity index (χ0n) is 11.5. The first-order valence-corrected chi connectivity index (χ1v) is 6.81. The molecule has 1 fully saturated rings. The molecule has 96 valence electrons. The van der Waals surface area contributed by atoms with Gasteiger partial charge < -0.3 is 9.73 Å². The van der Waals surface area contributed by atoms with Crippen LogP contribution in [-0.4, -0.2) is 6.54 Å². The Labute approximate surface area is 105 Å². The molecule has 0 spiro atoms. The van der Waals surface area contributed by atoms with Crippen LogP contribution in [0.1, 0.15) is 58.0 Å². The van der Waals surface area contributed by atoms with Crippen LogP contribution in [0.25, 0.3) is 0 Å². The number of nitrogens with one attached hydrogen (secondary N) is 1. The van der Waals surface area contributed by atoms with Crippen LogP contribution in [0.3, 0.4) is 0 Å². The first kappa shape index (κ1) is 12.7. The van der Waals surface area contributed by atoms with E-state index in [2.05, 4.69) is 45.1 Å². The van der Waals surface area contributed by atoms with E-state index in [4.69, 9.17) is 4.42 Å². The molecule has 1 N–H and O–H groups in total. The van der Waals surface area contributed by atoms with E-state index in [-0.39, 0.29) is 0 Å². The minimum absolute atomic E-state index is 0.375. The molecule has 2 atom stereocenters. The summed E-state index contributed by atoms with van der Waals surface area (Å²) < 4.78 is 5.86. The molecule has 0 aliphatic heterocycles. The van der Waals surface area contributed by atoms with Gasteiger partial charge in [-0.25, -0.2) is 0 Å². The topological polar surface area (TPSA) is 25.2 Å². The quantitative estimate of drug-likeness (QED) is 0.808. The van der Waals surface area contributed by atoms with Crippen LogP contribution < -0.4 is 5.32 Å². The third kappa shape index (κ3) is 3.35. The van der Waals surface area contributed by atoms with Crippen molar-refractivity contribution in [1.82, 2.24) is 5.32 Å². The first-order chi connectivity index (χ1) is 8.02. The average Bonchev–Trinajstić information content (AvgIpc) is 2.83. The van der Waals surface area contributed by atoms with E-state index < -0.39 is 0 Å². The van der Waals surface area contributed by atoms with Crippen molar-refractivity contribution in [3.63, 3.8) is 0 Å². The van der Waals surface area contributed by atoms with E-state index in [9.17, 15) is 0 Å². The van der Waals surface area contributed by atoms with Gasteiger partial charge in [-0.15, -0.1) is 0 Å². The fourth-order valence-corrected chi connectivity index (χ4v) is 2.06. The number of rotatable bonds is 6. The van der Waals surface area contributed by atoms with Gasteiger partial charge in [0, 0.05) is 12.5 Å². The van der Waals surface area contributed by atoms with Crippen LogP contribution in [0.5, 0.6) is 0 Å². The minimum atomic E-state index is 0.375. The van der Waals surface area contributed by atoms with Gasteiger partial charge in [0.05, 0.1) is 6.54 Å². The average molecular weight is 235 g/mol. The maximum absolute atomic E-state index is 5.86. The molecule has 2 unspecified atom stereocenters. The molecule has 0 bridgehead atoms. The SMILES string of the molecule is CCC(C)(C)CNCc1ccc(C2CC2C)o1. The third-order valence-corrected chi connectivity index (χ3v) is 4.02. The zero-order chi connectivity index (χ0) is 12.5. The van der Waals surface area contributed by atoms with Gasteiger partial charge in [0.15, 0.2) is 0 Å². The second kappa shape index (κ2) is 4.85. The van der Waals surface area contributed by atoms with Crippen LogP contribution in [0.4, 0.5) is 0 Å². The summed E-state index contributed by atoms with van der Waals surface area (Å²) in [5.74, 6) is 3.77. The summed E-state index contributed by atoms with van der Waals surface area (Å²) in [6.45, 7) is 11.0. The van der Waals surface area contributed by atoms with Gasteiger partial charge in [-0.3, -0.25) is 0 Å². The van der Waals surface area contributed by atoms with E-state index in [0.29, 0.717) is 11.3 Å². The predicted octanol–water partition coefficient (Wildman–Crippen LogP) is 3.93. The van der Waals surface area contributed by atoms with Crippen LogP contribution >= 0.6 is 0 Å². The highest BCUT2D eigenvalue weighted by molar-refractivity contribution is 5.17. The lowest BCUT2D eigenvalue weighted by atomic mass is 9.90. The molecule has 0 aromatic carbocycles. The predicted molar refractivity (Wildman–Crippen MR) is 71.0 cm³/mol. The van der Waals surface area contributed by atoms with Crippen molar-refractivity contribution in [2.24, 2.45) is 11.3 Å². The molecule has 1 aliphatic rings. The molecule has 0 amide bonds. The van der Waals surface area contributed by atoms with E-state index in [1.54, 1.807) is 0 Å². The lowest BCUT2D eigenvalue weighted by Crippen LogP contribution is -2.28. The third-order valence-electron chi connectivity index (χ3n) is 4.02. The summed E-state index contributed by atoms with van der Waals surface area (Å²) in [5.41, 5.74) is 0.375. The summed E-state index contributed by atoms with van der Waals surface area (Å²) in [6.07, 6.45) is 2.49. The molecule has 2 heteroatoms. The zero-order valence-corrected chi connectivity index (χ0v) is 11.5. The standard InChI is InChI=1S/C15H25NO/c1-5-15(3,4)10-16-9-12-6-7-14(17-12)13-8-11(13)2/h6-7,11,13,16H,5,8-10H2,1-4H3. The van der Waals surface area contributed by atoms with Crippen molar-refractivity contribution in [1.29, 1.82) is 0 Å². The van der Waals surface area contributed by atoms with Crippen molar-refractivity contribution in [3.8, 4) is 0 Å². The van der Waals surface area contributed by atoms with Gasteiger partial charge in [0.1, 0.15) is 11.5 Å². The summed E-state index contributed by atoms with van der Waals surface area (Å²) >= 11 is 0. The van der Waals surface area contributed by atoms with E-state index in [1.807, 2.05) is 0 Å². The van der Waals surface area contributed by atoms with Crippen LogP contribution in [0.15, 0.2) is 16.5 Å². The van der Waals surface area contributed by atoms with Crippen LogP contribution in [0.2, 0.25) is 0 Å². The van der Waals surface area contributed by atoms with Gasteiger partial charge in [0.2, 0.25) is 0 Å². The molecule has 17 heavy (non-hydrogen) atoms. The highest BCUT2D eigenvalue weighted by Crippen LogP contribution is 2.47. The monoisotopic (exact) mass is 235 g/mol. The molecular formula is C15H25NO. The fraction of sp³-hybridized carbons (Fsp3) is 0.733. The first-order valence-electron chi connectivity index (χ1n) is 6.81. The second-order valence-electron chi connectivity index (χ2n) is 6.24. The molecule has 2 rings (SSSR count). The Kier molecular flexibility index (Phi) is 3.62. The van der Waals surface area contributed by atoms with Crippen molar-refractivity contribution in [2.75, 3.05) is 6.54 Å². The van der Waals surface area contributed by atoms with Gasteiger partial charge >= 0.3 is 0 Å². The van der Waals surface area contributed by atoms with E-state index in [1.165, 1.54) is 18.6 Å². The molecule has 0 saturated heterocycles. The van der Waals surface area contributed by atoms with Crippen molar-refractivity contribution in [3.05, 3.63) is 23.7 Å². The maximum Gasteiger partial charge on any atom is 0.117 e. The Morgan fingerprint density at radius 3 is 2.71 bits per heavy atom. The Morgan fingerprint density at radius 1 is 1.41 bits per heavy atom. The van der Waals surface area contributed by atoms with Crippen LogP contribution in [-0.2, 0) is 6.54 Å². The van der Waals surface area contributed by atoms with Crippen LogP contribution in [0, 0.1) is 11.3 Å². The molecular weight excluding hydrogens is 210 g/mol. The van der Waals surface area contributed by atoms with Gasteiger partial charge in [-0.1, -0.05) is 27.7 Å². The lowest BCUT2D eigenvalue weighted by molar-refractivity contribution is 0.319. The van der Waals surface area contributed by atoms with E-state index >= 15 is 0 Å². The highest BCUT2D eigenvalue weighted by Gasteiger charge is 2.36. The fourth-order valence-electron chi connectivity index (χ4n) is 2.06. The minimum Gasteiger partial charge on any atom is -0.464 e. The van der Waals surface area contributed by atoms with Crippen molar-refractivity contribution < 1.29 is 4.42 Å². The molecule has 1 heterocycles. The summed E-state index contributed by atoms with van der Waals surface area (Å²) in [6, 6.07) is 4.27. The van der Waals surface area contributed by atoms with Gasteiger partial charge in [-0.2, -0.15) is 0 Å². The van der Waals surface area contributed by atoms with E-state index in [0.717, 1.165) is 24.8 Å². The smallest absolute Gasteiger partial charge is 0.117 e. The molecule has 1 aromatic heterocycles. The summed E-state index contributed by atoms with van der Waals surface area (Å²) in [4.78, 5) is 0. The molecule has 1 aliphatic carbocycles. The Balaban J connectivity index is 1.78. The molecule has 0 radical (unpaired) electrons. The highest BCUT2D eigenvalue weighted by atomic mass is 16.3.